The molecular formula is C22H24ClN5O2. The standard InChI is InChI=1S/C22H24ClN5O2/c1-14-19(10-16-9-18(23)3-4-20(16)26-14)22(30)28-7-5-15(6-8-28)11-24-21(29)17-12-25-27(2)13-17/h3-4,9-10,12-13,15H,5-8,11H2,1-2H3,(H,24,29). The summed E-state index contributed by atoms with van der Waals surface area (Å²) in [5, 5.41) is 8.49. The number of aromatic nitrogens is 3. The first-order valence-electron chi connectivity index (χ1n) is 10.0. The van der Waals surface area contributed by atoms with Crippen LogP contribution in [0.1, 0.15) is 39.3 Å². The number of nitrogens with zero attached hydrogens (tertiary/aromatic N) is 4. The predicted molar refractivity (Wildman–Crippen MR) is 116 cm³/mol. The van der Waals surface area contributed by atoms with Crippen LogP contribution in [-0.4, -0.2) is 51.1 Å². The van der Waals surface area contributed by atoms with E-state index in [9.17, 15) is 9.59 Å². The van der Waals surface area contributed by atoms with E-state index in [1.807, 2.05) is 30.0 Å². The minimum absolute atomic E-state index is 0.000258. The van der Waals surface area contributed by atoms with Crippen LogP contribution in [0.4, 0.5) is 0 Å². The Morgan fingerprint density at radius 1 is 1.23 bits per heavy atom. The summed E-state index contributed by atoms with van der Waals surface area (Å²) >= 11 is 6.09. The fraction of sp³-hybridized carbons (Fsp3) is 0.364. The summed E-state index contributed by atoms with van der Waals surface area (Å²) in [5.41, 5.74) is 2.73. The molecule has 0 radical (unpaired) electrons. The molecular weight excluding hydrogens is 402 g/mol. The van der Waals surface area contributed by atoms with Gasteiger partial charge in [-0.2, -0.15) is 5.10 Å². The number of amides is 2. The highest BCUT2D eigenvalue weighted by atomic mass is 35.5. The van der Waals surface area contributed by atoms with Crippen LogP contribution >= 0.6 is 11.6 Å². The predicted octanol–water partition coefficient (Wildman–Crippen LogP) is 3.21. The number of rotatable bonds is 4. The molecule has 1 aliphatic heterocycles. The molecule has 1 fully saturated rings. The summed E-state index contributed by atoms with van der Waals surface area (Å²) in [6.07, 6.45) is 4.96. The zero-order valence-electron chi connectivity index (χ0n) is 17.1. The number of benzene rings is 1. The highest BCUT2D eigenvalue weighted by Crippen LogP contribution is 2.24. The zero-order valence-corrected chi connectivity index (χ0v) is 17.8. The van der Waals surface area contributed by atoms with Crippen LogP contribution in [0.25, 0.3) is 10.9 Å². The Morgan fingerprint density at radius 3 is 2.70 bits per heavy atom. The van der Waals surface area contributed by atoms with Crippen LogP contribution < -0.4 is 5.32 Å². The van der Waals surface area contributed by atoms with E-state index in [0.29, 0.717) is 41.7 Å². The number of hydrogen-bond acceptors (Lipinski definition) is 4. The molecule has 1 N–H and O–H groups in total. The zero-order chi connectivity index (χ0) is 21.3. The first-order valence-corrected chi connectivity index (χ1v) is 10.4. The Hall–Kier alpha value is -2.93. The highest BCUT2D eigenvalue weighted by Gasteiger charge is 2.25. The molecule has 1 saturated heterocycles. The van der Waals surface area contributed by atoms with Gasteiger partial charge in [0.1, 0.15) is 0 Å². The van der Waals surface area contributed by atoms with Gasteiger partial charge in [-0.1, -0.05) is 11.6 Å². The second-order valence-corrected chi connectivity index (χ2v) is 8.24. The van der Waals surface area contributed by atoms with E-state index in [4.69, 9.17) is 11.6 Å². The van der Waals surface area contributed by atoms with E-state index in [0.717, 1.165) is 29.4 Å². The van der Waals surface area contributed by atoms with Crippen molar-refractivity contribution in [1.29, 1.82) is 0 Å². The van der Waals surface area contributed by atoms with Gasteiger partial charge in [0, 0.05) is 43.3 Å². The van der Waals surface area contributed by atoms with E-state index in [-0.39, 0.29) is 11.8 Å². The van der Waals surface area contributed by atoms with Crippen molar-refractivity contribution in [2.75, 3.05) is 19.6 Å². The minimum atomic E-state index is -0.113. The van der Waals surface area contributed by atoms with Gasteiger partial charge < -0.3 is 10.2 Å². The second-order valence-electron chi connectivity index (χ2n) is 7.81. The third-order valence-electron chi connectivity index (χ3n) is 5.62. The van der Waals surface area contributed by atoms with Crippen molar-refractivity contribution in [3.05, 3.63) is 58.5 Å². The molecule has 2 aromatic heterocycles. The van der Waals surface area contributed by atoms with Gasteiger partial charge in [0.15, 0.2) is 0 Å². The molecule has 2 amide bonds. The van der Waals surface area contributed by atoms with Crippen molar-refractivity contribution < 1.29 is 9.59 Å². The van der Waals surface area contributed by atoms with Gasteiger partial charge in [0.05, 0.1) is 28.5 Å². The fourth-order valence-corrected chi connectivity index (χ4v) is 4.03. The lowest BCUT2D eigenvalue weighted by Gasteiger charge is -2.32. The van der Waals surface area contributed by atoms with Crippen LogP contribution in [0.2, 0.25) is 5.02 Å². The molecule has 4 rings (SSSR count). The van der Waals surface area contributed by atoms with Crippen LogP contribution in [0, 0.1) is 12.8 Å². The van der Waals surface area contributed by atoms with Crippen molar-refractivity contribution in [3.63, 3.8) is 0 Å². The Labute approximate surface area is 180 Å². The summed E-state index contributed by atoms with van der Waals surface area (Å²) < 4.78 is 1.61. The van der Waals surface area contributed by atoms with Crippen molar-refractivity contribution in [1.82, 2.24) is 25.0 Å². The van der Waals surface area contributed by atoms with Crippen molar-refractivity contribution >= 4 is 34.3 Å². The average Bonchev–Trinajstić information content (AvgIpc) is 3.18. The Morgan fingerprint density at radius 2 is 2.00 bits per heavy atom. The number of hydrogen-bond donors (Lipinski definition) is 1. The van der Waals surface area contributed by atoms with Gasteiger partial charge in [0.25, 0.3) is 11.8 Å². The number of fused-ring (bicyclic) bond motifs is 1. The number of pyridine rings is 1. The molecule has 3 aromatic rings. The summed E-state index contributed by atoms with van der Waals surface area (Å²) in [4.78, 5) is 31.7. The quantitative estimate of drug-likeness (QED) is 0.696. The molecule has 0 bridgehead atoms. The first-order chi connectivity index (χ1) is 14.4. The normalized spacial score (nSPS) is 14.8. The van der Waals surface area contributed by atoms with Gasteiger partial charge in [0.2, 0.25) is 0 Å². The molecule has 156 valence electrons. The summed E-state index contributed by atoms with van der Waals surface area (Å²) in [7, 11) is 1.78. The molecule has 1 aromatic carbocycles. The van der Waals surface area contributed by atoms with Crippen LogP contribution in [0.5, 0.6) is 0 Å². The third kappa shape index (κ3) is 4.31. The number of carbonyl (C=O) groups excluding carboxylic acids is 2. The maximum Gasteiger partial charge on any atom is 0.255 e. The maximum absolute atomic E-state index is 13.1. The summed E-state index contributed by atoms with van der Waals surface area (Å²) in [6.45, 7) is 3.80. The fourth-order valence-electron chi connectivity index (χ4n) is 3.85. The van der Waals surface area contributed by atoms with E-state index < -0.39 is 0 Å². The SMILES string of the molecule is Cc1nc2ccc(Cl)cc2cc1C(=O)N1CCC(CNC(=O)c2cnn(C)c2)CC1. The molecule has 0 unspecified atom stereocenters. The number of likely N-dealkylation sites (tertiary alicyclic amines) is 1. The van der Waals surface area contributed by atoms with Crippen molar-refractivity contribution in [3.8, 4) is 0 Å². The van der Waals surface area contributed by atoms with E-state index in [2.05, 4.69) is 15.4 Å². The lowest BCUT2D eigenvalue weighted by atomic mass is 9.96. The number of piperidine rings is 1. The molecule has 0 saturated carbocycles. The number of nitrogens with one attached hydrogen (secondary N) is 1. The second kappa shape index (κ2) is 8.44. The summed E-state index contributed by atoms with van der Waals surface area (Å²) in [6, 6.07) is 7.38. The molecule has 30 heavy (non-hydrogen) atoms. The third-order valence-corrected chi connectivity index (χ3v) is 5.85. The lowest BCUT2D eigenvalue weighted by molar-refractivity contribution is 0.0683. The molecule has 0 atom stereocenters. The van der Waals surface area contributed by atoms with Gasteiger partial charge in [-0.05, 0) is 49.9 Å². The van der Waals surface area contributed by atoms with Crippen LogP contribution in [0.3, 0.4) is 0 Å². The molecule has 7 nitrogen and oxygen atoms in total. The summed E-state index contributed by atoms with van der Waals surface area (Å²) in [5.74, 6) is 0.238. The smallest absolute Gasteiger partial charge is 0.255 e. The van der Waals surface area contributed by atoms with Crippen LogP contribution in [0.15, 0.2) is 36.7 Å². The number of halogens is 1. The molecule has 0 spiro atoms. The number of carbonyl (C=O) groups is 2. The lowest BCUT2D eigenvalue weighted by Crippen LogP contribution is -2.41. The molecule has 1 aliphatic rings. The molecule has 0 aliphatic carbocycles. The van der Waals surface area contributed by atoms with Crippen molar-refractivity contribution in [2.24, 2.45) is 13.0 Å². The molecule has 8 heteroatoms. The van der Waals surface area contributed by atoms with Gasteiger partial charge in [-0.25, -0.2) is 0 Å². The first kappa shape index (κ1) is 20.3. The van der Waals surface area contributed by atoms with E-state index >= 15 is 0 Å². The maximum atomic E-state index is 13.1. The van der Waals surface area contributed by atoms with Gasteiger partial charge >= 0.3 is 0 Å². The average molecular weight is 426 g/mol. The monoisotopic (exact) mass is 425 g/mol. The van der Waals surface area contributed by atoms with E-state index in [1.165, 1.54) is 0 Å². The van der Waals surface area contributed by atoms with Crippen molar-refractivity contribution in [2.45, 2.75) is 19.8 Å². The minimum Gasteiger partial charge on any atom is -0.352 e. The van der Waals surface area contributed by atoms with Gasteiger partial charge in [-0.3, -0.25) is 19.3 Å². The Bertz CT molecular complexity index is 1100. The van der Waals surface area contributed by atoms with E-state index in [1.54, 1.807) is 30.2 Å². The highest BCUT2D eigenvalue weighted by molar-refractivity contribution is 6.31. The van der Waals surface area contributed by atoms with Gasteiger partial charge in [-0.15, -0.1) is 0 Å². The number of aryl methyl sites for hydroxylation is 2. The molecule has 3 heterocycles. The Kier molecular flexibility index (Phi) is 5.72. The topological polar surface area (TPSA) is 80.1 Å². The largest absolute Gasteiger partial charge is 0.352 e. The van der Waals surface area contributed by atoms with Crippen LogP contribution in [-0.2, 0) is 7.05 Å². The Balaban J connectivity index is 1.36.